The van der Waals surface area contributed by atoms with Gasteiger partial charge in [-0.05, 0) is 12.8 Å². The lowest BCUT2D eigenvalue weighted by Crippen LogP contribution is -2.20. The van der Waals surface area contributed by atoms with Crippen LogP contribution in [0, 0.1) is 11.8 Å². The first-order valence-corrected chi connectivity index (χ1v) is 6.03. The molecule has 0 radical (unpaired) electrons. The molecule has 0 rings (SSSR count). The van der Waals surface area contributed by atoms with Gasteiger partial charge in [0.05, 0.1) is 0 Å². The van der Waals surface area contributed by atoms with E-state index in [0.29, 0.717) is 0 Å². The molecule has 0 aliphatic carbocycles. The Kier molecular flexibility index (Phi) is 7.60. The highest BCUT2D eigenvalue weighted by Gasteiger charge is 2.09. The highest BCUT2D eigenvalue weighted by Crippen LogP contribution is 2.13. The van der Waals surface area contributed by atoms with E-state index in [1.807, 2.05) is 13.8 Å². The van der Waals surface area contributed by atoms with Gasteiger partial charge in [-0.25, -0.2) is 0 Å². The van der Waals surface area contributed by atoms with Gasteiger partial charge in [-0.1, -0.05) is 39.5 Å². The van der Waals surface area contributed by atoms with Crippen LogP contribution in [0.15, 0.2) is 0 Å². The molecule has 0 aliphatic rings. The fourth-order valence-electron chi connectivity index (χ4n) is 1.54. The molecule has 0 fully saturated rings. The summed E-state index contributed by atoms with van der Waals surface area (Å²) in [5, 5.41) is 0. The number of nitrogens with two attached hydrogens (primary N) is 2. The van der Waals surface area contributed by atoms with Crippen molar-refractivity contribution in [3.8, 4) is 0 Å². The highest BCUT2D eigenvalue weighted by molar-refractivity contribution is 5.76. The molecule has 0 aliphatic heterocycles. The minimum Gasteiger partial charge on any atom is -0.369 e. The third-order valence-electron chi connectivity index (χ3n) is 3.00. The van der Waals surface area contributed by atoms with Crippen molar-refractivity contribution in [1.82, 2.24) is 0 Å². The number of primary amides is 2. The maximum atomic E-state index is 10.8. The second-order valence-corrected chi connectivity index (χ2v) is 4.60. The normalized spacial score (nSPS) is 14.4. The fourth-order valence-corrected chi connectivity index (χ4v) is 1.54. The summed E-state index contributed by atoms with van der Waals surface area (Å²) < 4.78 is 0. The minimum atomic E-state index is -0.220. The average molecular weight is 228 g/mol. The first kappa shape index (κ1) is 14.9. The van der Waals surface area contributed by atoms with Crippen LogP contribution in [0.25, 0.3) is 0 Å². The second-order valence-electron chi connectivity index (χ2n) is 4.60. The lowest BCUT2D eigenvalue weighted by Gasteiger charge is -2.08. The van der Waals surface area contributed by atoms with E-state index >= 15 is 0 Å². The maximum absolute atomic E-state index is 10.8. The van der Waals surface area contributed by atoms with Gasteiger partial charge in [-0.2, -0.15) is 0 Å². The summed E-state index contributed by atoms with van der Waals surface area (Å²) >= 11 is 0. The molecule has 0 aromatic carbocycles. The van der Waals surface area contributed by atoms with Gasteiger partial charge in [0, 0.05) is 11.8 Å². The van der Waals surface area contributed by atoms with E-state index in [2.05, 4.69) is 0 Å². The van der Waals surface area contributed by atoms with Gasteiger partial charge in [0.1, 0.15) is 0 Å². The van der Waals surface area contributed by atoms with Crippen LogP contribution in [0.4, 0.5) is 0 Å². The topological polar surface area (TPSA) is 86.2 Å². The van der Waals surface area contributed by atoms with Crippen molar-refractivity contribution in [2.24, 2.45) is 23.3 Å². The number of amides is 2. The number of hydrogen-bond acceptors (Lipinski definition) is 2. The molecule has 0 saturated carbocycles. The molecule has 16 heavy (non-hydrogen) atoms. The van der Waals surface area contributed by atoms with Crippen LogP contribution in [-0.4, -0.2) is 11.8 Å². The summed E-state index contributed by atoms with van der Waals surface area (Å²) in [5.41, 5.74) is 10.3. The lowest BCUT2D eigenvalue weighted by atomic mass is 9.99. The first-order chi connectivity index (χ1) is 7.45. The van der Waals surface area contributed by atoms with Gasteiger partial charge in [0.2, 0.25) is 11.8 Å². The molecule has 4 nitrogen and oxygen atoms in total. The third-order valence-corrected chi connectivity index (χ3v) is 3.00. The molecule has 2 atom stereocenters. The maximum Gasteiger partial charge on any atom is 0.220 e. The summed E-state index contributed by atoms with van der Waals surface area (Å²) in [6, 6.07) is 0. The van der Waals surface area contributed by atoms with E-state index in [9.17, 15) is 9.59 Å². The SMILES string of the molecule is CC(CCCCCCC(C)C(N)=O)C(N)=O. The van der Waals surface area contributed by atoms with Crippen molar-refractivity contribution in [3.63, 3.8) is 0 Å². The Balaban J connectivity index is 3.34. The van der Waals surface area contributed by atoms with Crippen LogP contribution in [0.2, 0.25) is 0 Å². The Morgan fingerprint density at radius 2 is 1.12 bits per heavy atom. The van der Waals surface area contributed by atoms with Crippen molar-refractivity contribution in [1.29, 1.82) is 0 Å². The quantitative estimate of drug-likeness (QED) is 0.587. The molecule has 0 bridgehead atoms. The second kappa shape index (κ2) is 8.13. The molecule has 0 saturated heterocycles. The standard InChI is InChI=1S/C12H24N2O2/c1-9(11(13)15)7-5-3-4-6-8-10(2)12(14)16/h9-10H,3-8H2,1-2H3,(H2,13,15)(H2,14,16). The van der Waals surface area contributed by atoms with Gasteiger partial charge in [0.25, 0.3) is 0 Å². The number of rotatable bonds is 9. The molecule has 0 aromatic heterocycles. The van der Waals surface area contributed by atoms with E-state index in [-0.39, 0.29) is 23.7 Å². The van der Waals surface area contributed by atoms with Gasteiger partial charge < -0.3 is 11.5 Å². The van der Waals surface area contributed by atoms with Crippen molar-refractivity contribution >= 4 is 11.8 Å². The van der Waals surface area contributed by atoms with E-state index in [0.717, 1.165) is 38.5 Å². The summed E-state index contributed by atoms with van der Waals surface area (Å²) in [6.07, 6.45) is 5.94. The molecule has 0 heterocycles. The predicted octanol–water partition coefficient (Wildman–Crippen LogP) is 1.57. The van der Waals surface area contributed by atoms with Crippen LogP contribution in [-0.2, 0) is 9.59 Å². The zero-order valence-electron chi connectivity index (χ0n) is 10.4. The van der Waals surface area contributed by atoms with Crippen LogP contribution in [0.5, 0.6) is 0 Å². The summed E-state index contributed by atoms with van der Waals surface area (Å²) in [5.74, 6) is -0.487. The summed E-state index contributed by atoms with van der Waals surface area (Å²) in [6.45, 7) is 3.72. The van der Waals surface area contributed by atoms with Gasteiger partial charge in [-0.3, -0.25) is 9.59 Å². The Labute approximate surface area is 97.8 Å². The minimum absolute atomic E-state index is 0.0236. The highest BCUT2D eigenvalue weighted by atomic mass is 16.1. The van der Waals surface area contributed by atoms with Crippen LogP contribution in [0.1, 0.15) is 52.4 Å². The molecular formula is C12H24N2O2. The van der Waals surface area contributed by atoms with Gasteiger partial charge in [-0.15, -0.1) is 0 Å². The Hall–Kier alpha value is -1.06. The molecule has 4 heteroatoms. The summed E-state index contributed by atoms with van der Waals surface area (Å²) in [4.78, 5) is 21.5. The molecule has 2 unspecified atom stereocenters. The first-order valence-electron chi connectivity index (χ1n) is 6.03. The number of carbonyl (C=O) groups is 2. The monoisotopic (exact) mass is 228 g/mol. The zero-order chi connectivity index (χ0) is 12.6. The summed E-state index contributed by atoms with van der Waals surface area (Å²) in [7, 11) is 0. The van der Waals surface area contributed by atoms with Crippen molar-refractivity contribution in [2.75, 3.05) is 0 Å². The Bertz CT molecular complexity index is 205. The average Bonchev–Trinajstić information content (AvgIpc) is 2.21. The van der Waals surface area contributed by atoms with E-state index in [1.165, 1.54) is 0 Å². The fraction of sp³-hybridized carbons (Fsp3) is 0.833. The van der Waals surface area contributed by atoms with E-state index < -0.39 is 0 Å². The largest absolute Gasteiger partial charge is 0.369 e. The third kappa shape index (κ3) is 7.26. The van der Waals surface area contributed by atoms with E-state index in [1.54, 1.807) is 0 Å². The van der Waals surface area contributed by atoms with Crippen LogP contribution >= 0.6 is 0 Å². The Morgan fingerprint density at radius 3 is 1.38 bits per heavy atom. The molecule has 2 amide bonds. The van der Waals surface area contributed by atoms with Gasteiger partial charge in [0.15, 0.2) is 0 Å². The Morgan fingerprint density at radius 1 is 0.812 bits per heavy atom. The molecule has 0 spiro atoms. The zero-order valence-corrected chi connectivity index (χ0v) is 10.4. The smallest absolute Gasteiger partial charge is 0.220 e. The van der Waals surface area contributed by atoms with Crippen molar-refractivity contribution in [2.45, 2.75) is 52.4 Å². The van der Waals surface area contributed by atoms with Crippen LogP contribution < -0.4 is 11.5 Å². The predicted molar refractivity (Wildman–Crippen MR) is 64.4 cm³/mol. The molecule has 4 N–H and O–H groups in total. The van der Waals surface area contributed by atoms with Gasteiger partial charge >= 0.3 is 0 Å². The van der Waals surface area contributed by atoms with Crippen LogP contribution in [0.3, 0.4) is 0 Å². The van der Waals surface area contributed by atoms with Crippen molar-refractivity contribution < 1.29 is 9.59 Å². The molecular weight excluding hydrogens is 204 g/mol. The number of carbonyl (C=O) groups excluding carboxylic acids is 2. The lowest BCUT2D eigenvalue weighted by molar-refractivity contribution is -0.122. The van der Waals surface area contributed by atoms with E-state index in [4.69, 9.17) is 11.5 Å². The molecule has 94 valence electrons. The molecule has 0 aromatic rings. The van der Waals surface area contributed by atoms with Crippen molar-refractivity contribution in [3.05, 3.63) is 0 Å². The number of hydrogen-bond donors (Lipinski definition) is 2. The number of unbranched alkanes of at least 4 members (excludes halogenated alkanes) is 3.